The second-order valence-corrected chi connectivity index (χ2v) is 9.30. The molecule has 190 valence electrons. The molecular weight excluding hydrogens is 480 g/mol. The maximum absolute atomic E-state index is 13.2. The summed E-state index contributed by atoms with van der Waals surface area (Å²) in [5.74, 6) is -0.542. The molecule has 2 aromatic carbocycles. The average Bonchev–Trinajstić information content (AvgIpc) is 3.28. The number of halogens is 1. The molecule has 1 atom stereocenters. The van der Waals surface area contributed by atoms with Crippen LogP contribution in [0.5, 0.6) is 5.75 Å². The SMILES string of the molecule is O=C1CC[C@@H](C(=O)NCCc2c[nH]c3ccccc23)NC(=O)c2cc(Cl)ccc2OCCCCCN1. The van der Waals surface area contributed by atoms with Gasteiger partial charge in [-0.1, -0.05) is 29.8 Å². The van der Waals surface area contributed by atoms with Crippen LogP contribution in [0.25, 0.3) is 10.9 Å². The molecule has 9 heteroatoms. The number of fused-ring (bicyclic) bond motifs is 2. The van der Waals surface area contributed by atoms with Crippen molar-refractivity contribution in [2.75, 3.05) is 19.7 Å². The molecular formula is C27H31ClN4O4. The molecule has 0 radical (unpaired) electrons. The number of amides is 3. The number of hydrogen-bond acceptors (Lipinski definition) is 4. The van der Waals surface area contributed by atoms with E-state index in [9.17, 15) is 14.4 Å². The highest BCUT2D eigenvalue weighted by Crippen LogP contribution is 2.24. The van der Waals surface area contributed by atoms with E-state index in [1.54, 1.807) is 12.1 Å². The first kappa shape index (κ1) is 25.6. The number of carbonyl (C=O) groups excluding carboxylic acids is 3. The molecule has 1 aromatic heterocycles. The largest absolute Gasteiger partial charge is 0.493 e. The number of aromatic amines is 1. The minimum atomic E-state index is -0.886. The molecule has 3 amide bonds. The average molecular weight is 511 g/mol. The highest BCUT2D eigenvalue weighted by Gasteiger charge is 2.24. The van der Waals surface area contributed by atoms with Crippen molar-refractivity contribution in [3.05, 3.63) is 64.8 Å². The third kappa shape index (κ3) is 6.79. The molecule has 36 heavy (non-hydrogen) atoms. The van der Waals surface area contributed by atoms with Gasteiger partial charge in [0.1, 0.15) is 11.8 Å². The monoisotopic (exact) mass is 510 g/mol. The summed E-state index contributed by atoms with van der Waals surface area (Å²) in [6.45, 7) is 1.40. The van der Waals surface area contributed by atoms with Gasteiger partial charge in [0.15, 0.2) is 0 Å². The van der Waals surface area contributed by atoms with Crippen LogP contribution in [0.3, 0.4) is 0 Å². The van der Waals surface area contributed by atoms with Crippen molar-refractivity contribution >= 4 is 40.2 Å². The van der Waals surface area contributed by atoms with Crippen molar-refractivity contribution in [3.8, 4) is 5.75 Å². The number of aromatic nitrogens is 1. The van der Waals surface area contributed by atoms with Crippen molar-refractivity contribution in [2.45, 2.75) is 44.6 Å². The van der Waals surface area contributed by atoms with Crippen molar-refractivity contribution < 1.29 is 19.1 Å². The summed E-state index contributed by atoms with van der Waals surface area (Å²) in [6, 6.07) is 12.0. The second-order valence-electron chi connectivity index (χ2n) is 8.86. The van der Waals surface area contributed by atoms with Crippen molar-refractivity contribution in [1.82, 2.24) is 20.9 Å². The van der Waals surface area contributed by atoms with E-state index in [0.29, 0.717) is 36.9 Å². The van der Waals surface area contributed by atoms with Crippen molar-refractivity contribution in [1.29, 1.82) is 0 Å². The van der Waals surface area contributed by atoms with Gasteiger partial charge in [-0.3, -0.25) is 14.4 Å². The van der Waals surface area contributed by atoms with E-state index in [-0.39, 0.29) is 30.2 Å². The lowest BCUT2D eigenvalue weighted by Crippen LogP contribution is -2.47. The number of ether oxygens (including phenoxy) is 1. The highest BCUT2D eigenvalue weighted by molar-refractivity contribution is 6.31. The summed E-state index contributed by atoms with van der Waals surface area (Å²) in [5, 5.41) is 10.1. The van der Waals surface area contributed by atoms with Crippen LogP contribution in [-0.2, 0) is 16.0 Å². The van der Waals surface area contributed by atoms with Gasteiger partial charge in [0.25, 0.3) is 5.91 Å². The molecule has 0 fully saturated rings. The zero-order valence-electron chi connectivity index (χ0n) is 20.1. The van der Waals surface area contributed by atoms with Gasteiger partial charge in [-0.15, -0.1) is 0 Å². The summed E-state index contributed by atoms with van der Waals surface area (Å²) < 4.78 is 5.84. The molecule has 3 aromatic rings. The lowest BCUT2D eigenvalue weighted by Gasteiger charge is -2.19. The Morgan fingerprint density at radius 3 is 2.86 bits per heavy atom. The Morgan fingerprint density at radius 2 is 1.97 bits per heavy atom. The van der Waals surface area contributed by atoms with Crippen LogP contribution in [0.15, 0.2) is 48.7 Å². The second kappa shape index (κ2) is 12.4. The molecule has 0 bridgehead atoms. The molecule has 0 saturated carbocycles. The topological polar surface area (TPSA) is 112 Å². The maximum Gasteiger partial charge on any atom is 0.255 e. The minimum Gasteiger partial charge on any atom is -0.493 e. The number of rotatable bonds is 4. The van der Waals surface area contributed by atoms with Crippen molar-refractivity contribution in [2.24, 2.45) is 0 Å². The molecule has 0 unspecified atom stereocenters. The summed E-state index contributed by atoms with van der Waals surface area (Å²) in [6.07, 6.45) is 5.37. The van der Waals surface area contributed by atoms with Crippen LogP contribution >= 0.6 is 11.6 Å². The Morgan fingerprint density at radius 1 is 1.11 bits per heavy atom. The van der Waals surface area contributed by atoms with Crippen LogP contribution in [0.2, 0.25) is 5.02 Å². The fourth-order valence-electron chi connectivity index (χ4n) is 4.27. The van der Waals surface area contributed by atoms with E-state index < -0.39 is 11.9 Å². The van der Waals surface area contributed by atoms with E-state index in [1.165, 1.54) is 6.07 Å². The quantitative estimate of drug-likeness (QED) is 0.428. The smallest absolute Gasteiger partial charge is 0.255 e. The number of carbonyl (C=O) groups is 3. The Kier molecular flexibility index (Phi) is 8.84. The van der Waals surface area contributed by atoms with Crippen LogP contribution in [-0.4, -0.2) is 48.4 Å². The summed E-state index contributed by atoms with van der Waals surface area (Å²) >= 11 is 6.14. The van der Waals surface area contributed by atoms with E-state index in [4.69, 9.17) is 16.3 Å². The van der Waals surface area contributed by atoms with Gasteiger partial charge < -0.3 is 25.7 Å². The highest BCUT2D eigenvalue weighted by atomic mass is 35.5. The number of para-hydroxylation sites is 1. The van der Waals surface area contributed by atoms with Crippen LogP contribution in [0, 0.1) is 0 Å². The van der Waals surface area contributed by atoms with Gasteiger partial charge >= 0.3 is 0 Å². The summed E-state index contributed by atoms with van der Waals surface area (Å²) in [7, 11) is 0. The molecule has 8 nitrogen and oxygen atoms in total. The fraction of sp³-hybridized carbons (Fsp3) is 0.370. The third-order valence-corrected chi connectivity index (χ3v) is 6.47. The summed E-state index contributed by atoms with van der Waals surface area (Å²) in [4.78, 5) is 41.8. The van der Waals surface area contributed by atoms with E-state index in [0.717, 1.165) is 35.7 Å². The van der Waals surface area contributed by atoms with Gasteiger partial charge in [0, 0.05) is 41.6 Å². The minimum absolute atomic E-state index is 0.125. The van der Waals surface area contributed by atoms with Crippen molar-refractivity contribution in [3.63, 3.8) is 0 Å². The Balaban J connectivity index is 1.46. The first-order valence-electron chi connectivity index (χ1n) is 12.3. The molecule has 0 spiro atoms. The number of hydrogen-bond donors (Lipinski definition) is 4. The molecule has 1 aliphatic rings. The summed E-state index contributed by atoms with van der Waals surface area (Å²) in [5.41, 5.74) is 2.40. The van der Waals surface area contributed by atoms with E-state index in [1.807, 2.05) is 30.5 Å². The van der Waals surface area contributed by atoms with Gasteiger partial charge in [-0.25, -0.2) is 0 Å². The van der Waals surface area contributed by atoms with Gasteiger partial charge in [-0.2, -0.15) is 0 Å². The lowest BCUT2D eigenvalue weighted by molar-refractivity contribution is -0.124. The Hall–Kier alpha value is -3.52. The molecule has 0 saturated heterocycles. The predicted octanol–water partition coefficient (Wildman–Crippen LogP) is 3.74. The lowest BCUT2D eigenvalue weighted by atomic mass is 10.1. The standard InChI is InChI=1S/C27H31ClN4O4/c28-19-8-10-24-21(16-19)26(34)32-23(9-11-25(33)29-13-4-1-5-15-36-24)27(35)30-14-12-18-17-31-22-7-3-2-6-20(18)22/h2-3,6-8,10,16-17,23,31H,1,4-5,9,11-15H2,(H,29,33)(H,30,35)(H,32,34)/t23-/m0/s1. The number of nitrogens with one attached hydrogen (secondary N) is 4. The Labute approximate surface area is 215 Å². The van der Waals surface area contributed by atoms with E-state index >= 15 is 0 Å². The zero-order valence-corrected chi connectivity index (χ0v) is 20.8. The van der Waals surface area contributed by atoms with Crippen LogP contribution in [0.1, 0.15) is 48.0 Å². The molecule has 1 aliphatic heterocycles. The first-order chi connectivity index (χ1) is 17.5. The van der Waals surface area contributed by atoms with Crippen LogP contribution < -0.4 is 20.7 Å². The zero-order chi connectivity index (χ0) is 25.3. The van der Waals surface area contributed by atoms with Gasteiger partial charge in [0.05, 0.1) is 12.2 Å². The third-order valence-electron chi connectivity index (χ3n) is 6.24. The van der Waals surface area contributed by atoms with Gasteiger partial charge in [0.2, 0.25) is 11.8 Å². The normalized spacial score (nSPS) is 17.6. The maximum atomic E-state index is 13.2. The molecule has 2 heterocycles. The molecule has 0 aliphatic carbocycles. The van der Waals surface area contributed by atoms with E-state index in [2.05, 4.69) is 20.9 Å². The first-order valence-corrected chi connectivity index (χ1v) is 12.7. The van der Waals surface area contributed by atoms with Gasteiger partial charge in [-0.05, 0) is 61.9 Å². The molecule has 4 N–H and O–H groups in total. The fourth-order valence-corrected chi connectivity index (χ4v) is 4.44. The molecule has 4 rings (SSSR count). The number of H-pyrrole nitrogens is 1. The predicted molar refractivity (Wildman–Crippen MR) is 139 cm³/mol. The van der Waals surface area contributed by atoms with Crippen LogP contribution in [0.4, 0.5) is 0 Å². The Bertz CT molecular complexity index is 1230. The number of benzene rings is 2.